The number of carbonyl (C=O) groups is 1. The molecule has 0 bridgehead atoms. The largest absolute Gasteiger partial charge is 0.349 e. The van der Waals surface area contributed by atoms with Gasteiger partial charge in [0.25, 0.3) is 0 Å². The molecule has 0 radical (unpaired) electrons. The van der Waals surface area contributed by atoms with E-state index in [1.165, 1.54) is 11.1 Å². The molecule has 2 rings (SSSR count). The molecular formula is C16H20N2OS. The fourth-order valence-corrected chi connectivity index (χ4v) is 2.70. The molecule has 2 aromatic rings. The van der Waals surface area contributed by atoms with Crippen molar-refractivity contribution in [2.45, 2.75) is 39.2 Å². The van der Waals surface area contributed by atoms with E-state index in [0.29, 0.717) is 12.8 Å². The summed E-state index contributed by atoms with van der Waals surface area (Å²) in [6, 6.07) is 8.44. The molecule has 3 nitrogen and oxygen atoms in total. The molecule has 0 fully saturated rings. The van der Waals surface area contributed by atoms with E-state index >= 15 is 0 Å². The minimum absolute atomic E-state index is 0.0904. The zero-order chi connectivity index (χ0) is 14.4. The Morgan fingerprint density at radius 1 is 1.35 bits per heavy atom. The maximum absolute atomic E-state index is 12.0. The average Bonchev–Trinajstić information content (AvgIpc) is 2.97. The number of rotatable bonds is 6. The van der Waals surface area contributed by atoms with Crippen LogP contribution in [0.25, 0.3) is 0 Å². The molecule has 1 amide bonds. The highest BCUT2D eigenvalue weighted by molar-refractivity contribution is 7.09. The summed E-state index contributed by atoms with van der Waals surface area (Å²) in [6.07, 6.45) is 3.88. The Hall–Kier alpha value is -1.68. The van der Waals surface area contributed by atoms with E-state index in [0.717, 1.165) is 11.4 Å². The third-order valence-electron chi connectivity index (χ3n) is 3.27. The van der Waals surface area contributed by atoms with Crippen LogP contribution in [0.1, 0.15) is 41.9 Å². The van der Waals surface area contributed by atoms with E-state index in [1.54, 1.807) is 17.5 Å². The van der Waals surface area contributed by atoms with Gasteiger partial charge < -0.3 is 5.32 Å². The van der Waals surface area contributed by atoms with Crippen molar-refractivity contribution in [3.8, 4) is 0 Å². The van der Waals surface area contributed by atoms with Crippen molar-refractivity contribution in [2.24, 2.45) is 0 Å². The van der Waals surface area contributed by atoms with Gasteiger partial charge in [-0.25, -0.2) is 4.98 Å². The molecule has 0 unspecified atom stereocenters. The number of thiazole rings is 1. The van der Waals surface area contributed by atoms with E-state index in [-0.39, 0.29) is 11.9 Å². The van der Waals surface area contributed by atoms with Crippen LogP contribution in [-0.4, -0.2) is 10.9 Å². The number of hydrogen-bond acceptors (Lipinski definition) is 3. The zero-order valence-corrected chi connectivity index (χ0v) is 12.7. The van der Waals surface area contributed by atoms with E-state index in [2.05, 4.69) is 48.4 Å². The molecule has 20 heavy (non-hydrogen) atoms. The van der Waals surface area contributed by atoms with Gasteiger partial charge >= 0.3 is 0 Å². The summed E-state index contributed by atoms with van der Waals surface area (Å²) in [5, 5.41) is 6.06. The first-order valence-electron chi connectivity index (χ1n) is 6.93. The van der Waals surface area contributed by atoms with Crippen molar-refractivity contribution in [1.82, 2.24) is 10.3 Å². The summed E-state index contributed by atoms with van der Waals surface area (Å²) in [5.74, 6) is 0.0904. The quantitative estimate of drug-likeness (QED) is 0.881. The van der Waals surface area contributed by atoms with Gasteiger partial charge in [0.1, 0.15) is 0 Å². The number of amides is 1. The summed E-state index contributed by atoms with van der Waals surface area (Å²) in [7, 11) is 0. The van der Waals surface area contributed by atoms with Gasteiger partial charge in [-0.2, -0.15) is 0 Å². The predicted molar refractivity (Wildman–Crippen MR) is 82.8 cm³/mol. The molecule has 0 saturated heterocycles. The first kappa shape index (κ1) is 14.7. The van der Waals surface area contributed by atoms with Gasteiger partial charge in [-0.3, -0.25) is 4.79 Å². The zero-order valence-electron chi connectivity index (χ0n) is 11.9. The SMILES string of the molecule is CC[C@@H](NC(=O)CCc1nccs1)c1ccc(C)cc1. The highest BCUT2D eigenvalue weighted by atomic mass is 32.1. The van der Waals surface area contributed by atoms with Gasteiger partial charge in [0.05, 0.1) is 11.0 Å². The number of nitrogens with zero attached hydrogens (tertiary/aromatic N) is 1. The smallest absolute Gasteiger partial charge is 0.220 e. The van der Waals surface area contributed by atoms with Gasteiger partial charge in [-0.15, -0.1) is 11.3 Å². The molecule has 1 N–H and O–H groups in total. The monoisotopic (exact) mass is 288 g/mol. The number of aromatic nitrogens is 1. The number of hydrogen-bond donors (Lipinski definition) is 1. The molecule has 1 aromatic heterocycles. The lowest BCUT2D eigenvalue weighted by atomic mass is 10.0. The molecule has 0 spiro atoms. The molecule has 1 heterocycles. The Labute approximate surface area is 124 Å². The minimum Gasteiger partial charge on any atom is -0.349 e. The Balaban J connectivity index is 1.89. The number of benzene rings is 1. The number of aryl methyl sites for hydroxylation is 2. The Morgan fingerprint density at radius 3 is 2.70 bits per heavy atom. The van der Waals surface area contributed by atoms with Crippen LogP contribution in [0.2, 0.25) is 0 Å². The molecule has 0 aliphatic carbocycles. The van der Waals surface area contributed by atoms with Gasteiger partial charge in [-0.1, -0.05) is 36.8 Å². The summed E-state index contributed by atoms with van der Waals surface area (Å²) in [6.45, 7) is 4.16. The highest BCUT2D eigenvalue weighted by Crippen LogP contribution is 2.17. The Kier molecular flexibility index (Phi) is 5.30. The summed E-state index contributed by atoms with van der Waals surface area (Å²) >= 11 is 1.60. The molecule has 4 heteroatoms. The maximum atomic E-state index is 12.0. The van der Waals surface area contributed by atoms with Crippen LogP contribution in [0.3, 0.4) is 0 Å². The fourth-order valence-electron chi connectivity index (χ4n) is 2.08. The van der Waals surface area contributed by atoms with E-state index in [4.69, 9.17) is 0 Å². The van der Waals surface area contributed by atoms with Crippen LogP contribution in [0, 0.1) is 6.92 Å². The second kappa shape index (κ2) is 7.20. The number of nitrogens with one attached hydrogen (secondary N) is 1. The van der Waals surface area contributed by atoms with Crippen molar-refractivity contribution in [1.29, 1.82) is 0 Å². The minimum atomic E-state index is 0.0904. The van der Waals surface area contributed by atoms with Crippen molar-refractivity contribution < 1.29 is 4.79 Å². The summed E-state index contributed by atoms with van der Waals surface area (Å²) in [5.41, 5.74) is 2.40. The molecule has 1 atom stereocenters. The van der Waals surface area contributed by atoms with E-state index < -0.39 is 0 Å². The van der Waals surface area contributed by atoms with Crippen molar-refractivity contribution in [2.75, 3.05) is 0 Å². The lowest BCUT2D eigenvalue weighted by molar-refractivity contribution is -0.121. The highest BCUT2D eigenvalue weighted by Gasteiger charge is 2.12. The second-order valence-corrected chi connectivity index (χ2v) is 5.84. The van der Waals surface area contributed by atoms with Crippen LogP contribution >= 0.6 is 11.3 Å². The van der Waals surface area contributed by atoms with Gasteiger partial charge in [0.15, 0.2) is 0 Å². The summed E-state index contributed by atoms with van der Waals surface area (Å²) < 4.78 is 0. The van der Waals surface area contributed by atoms with Crippen LogP contribution in [0.4, 0.5) is 0 Å². The van der Waals surface area contributed by atoms with Crippen LogP contribution in [-0.2, 0) is 11.2 Å². The van der Waals surface area contributed by atoms with Crippen LogP contribution in [0.15, 0.2) is 35.8 Å². The van der Waals surface area contributed by atoms with Crippen LogP contribution < -0.4 is 5.32 Å². The van der Waals surface area contributed by atoms with Gasteiger partial charge in [0, 0.05) is 24.4 Å². The van der Waals surface area contributed by atoms with Gasteiger partial charge in [0.2, 0.25) is 5.91 Å². The molecule has 0 aliphatic heterocycles. The first-order valence-corrected chi connectivity index (χ1v) is 7.81. The van der Waals surface area contributed by atoms with Crippen molar-refractivity contribution in [3.05, 3.63) is 52.0 Å². The molecule has 106 valence electrons. The second-order valence-electron chi connectivity index (χ2n) is 4.86. The standard InChI is InChI=1S/C16H20N2OS/c1-3-14(13-6-4-12(2)5-7-13)18-15(19)8-9-16-17-10-11-20-16/h4-7,10-11,14H,3,8-9H2,1-2H3,(H,18,19)/t14-/m1/s1. The lowest BCUT2D eigenvalue weighted by Gasteiger charge is -2.17. The maximum Gasteiger partial charge on any atom is 0.220 e. The first-order chi connectivity index (χ1) is 9.69. The van der Waals surface area contributed by atoms with Gasteiger partial charge in [-0.05, 0) is 18.9 Å². The van der Waals surface area contributed by atoms with Crippen LogP contribution in [0.5, 0.6) is 0 Å². The predicted octanol–water partition coefficient (Wildman–Crippen LogP) is 3.65. The molecule has 0 saturated carbocycles. The van der Waals surface area contributed by atoms with E-state index in [1.807, 2.05) is 5.38 Å². The molecular weight excluding hydrogens is 268 g/mol. The summed E-state index contributed by atoms with van der Waals surface area (Å²) in [4.78, 5) is 16.2. The average molecular weight is 288 g/mol. The number of carbonyl (C=O) groups excluding carboxylic acids is 1. The lowest BCUT2D eigenvalue weighted by Crippen LogP contribution is -2.28. The molecule has 0 aliphatic rings. The van der Waals surface area contributed by atoms with E-state index in [9.17, 15) is 4.79 Å². The third-order valence-corrected chi connectivity index (χ3v) is 4.11. The Bertz CT molecular complexity index is 534. The van der Waals surface area contributed by atoms with Crippen molar-refractivity contribution in [3.63, 3.8) is 0 Å². The molecule has 1 aromatic carbocycles. The Morgan fingerprint density at radius 2 is 2.10 bits per heavy atom. The third kappa shape index (κ3) is 4.17. The van der Waals surface area contributed by atoms with Crippen molar-refractivity contribution >= 4 is 17.2 Å². The fraction of sp³-hybridized carbons (Fsp3) is 0.375. The topological polar surface area (TPSA) is 42.0 Å². The normalized spacial score (nSPS) is 12.1.